The van der Waals surface area contributed by atoms with Crippen LogP contribution in [-0.2, 0) is 10.3 Å². The predicted molar refractivity (Wildman–Crippen MR) is 78.8 cm³/mol. The summed E-state index contributed by atoms with van der Waals surface area (Å²) in [7, 11) is 1.59. The molecule has 0 fully saturated rings. The molecular formula is C15H21N3O2. The molecular weight excluding hydrogens is 254 g/mol. The molecule has 0 aliphatic carbocycles. The van der Waals surface area contributed by atoms with Crippen molar-refractivity contribution >= 4 is 11.9 Å². The molecule has 1 aliphatic rings. The quantitative estimate of drug-likeness (QED) is 0.865. The molecule has 2 rings (SSSR count). The van der Waals surface area contributed by atoms with Crippen molar-refractivity contribution in [2.24, 2.45) is 4.99 Å². The fourth-order valence-electron chi connectivity index (χ4n) is 2.18. The summed E-state index contributed by atoms with van der Waals surface area (Å²) in [6, 6.07) is 7.44. The van der Waals surface area contributed by atoms with Crippen LogP contribution >= 0.6 is 0 Å². The van der Waals surface area contributed by atoms with E-state index >= 15 is 0 Å². The summed E-state index contributed by atoms with van der Waals surface area (Å²) >= 11 is 0. The van der Waals surface area contributed by atoms with Crippen molar-refractivity contribution in [2.45, 2.75) is 38.8 Å². The van der Waals surface area contributed by atoms with Gasteiger partial charge in [-0.25, -0.2) is 4.99 Å². The molecule has 0 bridgehead atoms. The van der Waals surface area contributed by atoms with Crippen LogP contribution in [0.1, 0.15) is 33.3 Å². The second-order valence-electron chi connectivity index (χ2n) is 6.06. The first-order valence-electron chi connectivity index (χ1n) is 6.59. The van der Waals surface area contributed by atoms with Gasteiger partial charge in [0, 0.05) is 11.1 Å². The standard InChI is InChI=1S/C15H21N3O2/c1-14(2,3)17-13-16-12(19)15(4,18-13)10-8-6-7-9-11(10)20-5/h6-9H,1-5H3,(H2,16,17,18,19). The zero-order chi connectivity index (χ0) is 15.0. The van der Waals surface area contributed by atoms with Gasteiger partial charge in [0.15, 0.2) is 11.5 Å². The van der Waals surface area contributed by atoms with Crippen LogP contribution in [0, 0.1) is 0 Å². The van der Waals surface area contributed by atoms with Gasteiger partial charge in [0.2, 0.25) is 0 Å². The van der Waals surface area contributed by atoms with Gasteiger partial charge in [-0.3, -0.25) is 10.1 Å². The number of ether oxygens (including phenoxy) is 1. The first kappa shape index (κ1) is 14.4. The number of guanidine groups is 1. The largest absolute Gasteiger partial charge is 0.496 e. The van der Waals surface area contributed by atoms with Gasteiger partial charge in [0.05, 0.1) is 7.11 Å². The van der Waals surface area contributed by atoms with E-state index in [4.69, 9.17) is 4.74 Å². The zero-order valence-electron chi connectivity index (χ0n) is 12.6. The molecule has 1 aliphatic heterocycles. The Balaban J connectivity index is 2.41. The third-order valence-corrected chi connectivity index (χ3v) is 3.13. The van der Waals surface area contributed by atoms with Crippen molar-refractivity contribution < 1.29 is 9.53 Å². The molecule has 1 aromatic carbocycles. The van der Waals surface area contributed by atoms with Crippen molar-refractivity contribution in [3.63, 3.8) is 0 Å². The van der Waals surface area contributed by atoms with Gasteiger partial charge in [-0.2, -0.15) is 0 Å². The number of nitrogens with one attached hydrogen (secondary N) is 2. The fraction of sp³-hybridized carbons (Fsp3) is 0.467. The summed E-state index contributed by atoms with van der Waals surface area (Å²) in [5.41, 5.74) is -0.385. The molecule has 0 spiro atoms. The number of para-hydroxylation sites is 1. The molecule has 1 unspecified atom stereocenters. The summed E-state index contributed by atoms with van der Waals surface area (Å²) in [6.45, 7) is 7.83. The molecule has 5 nitrogen and oxygen atoms in total. The van der Waals surface area contributed by atoms with Crippen LogP contribution in [0.5, 0.6) is 5.75 Å². The Labute approximate surface area is 119 Å². The van der Waals surface area contributed by atoms with E-state index in [1.54, 1.807) is 14.0 Å². The average molecular weight is 275 g/mol. The van der Waals surface area contributed by atoms with Crippen LogP contribution in [0.15, 0.2) is 29.3 Å². The van der Waals surface area contributed by atoms with Crippen LogP contribution in [0.4, 0.5) is 0 Å². The highest BCUT2D eigenvalue weighted by Crippen LogP contribution is 2.35. The van der Waals surface area contributed by atoms with E-state index in [1.807, 2.05) is 45.0 Å². The van der Waals surface area contributed by atoms with Gasteiger partial charge in [0.1, 0.15) is 5.75 Å². The Morgan fingerprint density at radius 1 is 1.30 bits per heavy atom. The Hall–Kier alpha value is -2.04. The van der Waals surface area contributed by atoms with Gasteiger partial charge in [-0.15, -0.1) is 0 Å². The molecule has 2 N–H and O–H groups in total. The molecule has 1 atom stereocenters. The minimum atomic E-state index is -0.972. The molecule has 20 heavy (non-hydrogen) atoms. The summed E-state index contributed by atoms with van der Waals surface area (Å²) in [5.74, 6) is 0.996. The van der Waals surface area contributed by atoms with Gasteiger partial charge >= 0.3 is 0 Å². The summed E-state index contributed by atoms with van der Waals surface area (Å²) in [4.78, 5) is 16.9. The number of carbonyl (C=O) groups excluding carboxylic acids is 1. The smallest absolute Gasteiger partial charge is 0.259 e. The number of hydrogen-bond donors (Lipinski definition) is 2. The molecule has 0 aromatic heterocycles. The van der Waals surface area contributed by atoms with Crippen LogP contribution in [0.2, 0.25) is 0 Å². The first-order chi connectivity index (χ1) is 9.26. The van der Waals surface area contributed by atoms with Crippen LogP contribution in [0.25, 0.3) is 0 Å². The van der Waals surface area contributed by atoms with Crippen LogP contribution in [-0.4, -0.2) is 24.5 Å². The maximum absolute atomic E-state index is 12.3. The van der Waals surface area contributed by atoms with Gasteiger partial charge < -0.3 is 10.1 Å². The Kier molecular flexibility index (Phi) is 3.46. The third-order valence-electron chi connectivity index (χ3n) is 3.13. The van der Waals surface area contributed by atoms with Crippen molar-refractivity contribution in [1.82, 2.24) is 10.6 Å². The number of amides is 1. The molecule has 0 saturated heterocycles. The minimum absolute atomic E-state index is 0.159. The normalized spacial score (nSPS) is 22.2. The highest BCUT2D eigenvalue weighted by Gasteiger charge is 2.43. The Morgan fingerprint density at radius 3 is 2.55 bits per heavy atom. The second-order valence-corrected chi connectivity index (χ2v) is 6.06. The van der Waals surface area contributed by atoms with E-state index in [0.717, 1.165) is 5.56 Å². The molecule has 5 heteroatoms. The summed E-state index contributed by atoms with van der Waals surface area (Å²) in [6.07, 6.45) is 0. The van der Waals surface area contributed by atoms with E-state index in [1.165, 1.54) is 0 Å². The number of nitrogens with zero attached hydrogens (tertiary/aromatic N) is 1. The fourth-order valence-corrected chi connectivity index (χ4v) is 2.18. The molecule has 1 amide bonds. The van der Waals surface area contributed by atoms with Crippen LogP contribution < -0.4 is 15.4 Å². The van der Waals surface area contributed by atoms with E-state index in [2.05, 4.69) is 15.6 Å². The van der Waals surface area contributed by atoms with Gasteiger partial charge in [-0.05, 0) is 33.8 Å². The lowest BCUT2D eigenvalue weighted by Gasteiger charge is -2.21. The second kappa shape index (κ2) is 4.81. The molecule has 0 saturated carbocycles. The highest BCUT2D eigenvalue weighted by atomic mass is 16.5. The Morgan fingerprint density at radius 2 is 1.95 bits per heavy atom. The lowest BCUT2D eigenvalue weighted by Crippen LogP contribution is -2.47. The monoisotopic (exact) mass is 275 g/mol. The average Bonchev–Trinajstić information content (AvgIpc) is 2.63. The number of hydrogen-bond acceptors (Lipinski definition) is 4. The Bertz CT molecular complexity index is 560. The number of rotatable bonds is 2. The lowest BCUT2D eigenvalue weighted by molar-refractivity contribution is -0.123. The predicted octanol–water partition coefficient (Wildman–Crippen LogP) is 1.78. The van der Waals surface area contributed by atoms with Crippen molar-refractivity contribution in [3.8, 4) is 5.75 Å². The summed E-state index contributed by atoms with van der Waals surface area (Å²) < 4.78 is 5.34. The SMILES string of the molecule is COc1ccccc1C1(C)N=C(NC(C)(C)C)NC1=O. The molecule has 0 radical (unpaired) electrons. The lowest BCUT2D eigenvalue weighted by atomic mass is 9.92. The molecule has 1 heterocycles. The number of benzene rings is 1. The highest BCUT2D eigenvalue weighted by molar-refractivity contribution is 6.07. The van der Waals surface area contributed by atoms with Crippen molar-refractivity contribution in [2.75, 3.05) is 7.11 Å². The number of methoxy groups -OCH3 is 1. The first-order valence-corrected chi connectivity index (χ1v) is 6.59. The number of aliphatic imine (C=N–C) groups is 1. The molecule has 1 aromatic rings. The third kappa shape index (κ3) is 2.61. The van der Waals surface area contributed by atoms with Crippen molar-refractivity contribution in [3.05, 3.63) is 29.8 Å². The van der Waals surface area contributed by atoms with E-state index in [9.17, 15) is 4.79 Å². The topological polar surface area (TPSA) is 62.7 Å². The van der Waals surface area contributed by atoms with Crippen molar-refractivity contribution in [1.29, 1.82) is 0 Å². The maximum atomic E-state index is 12.3. The van der Waals surface area contributed by atoms with Gasteiger partial charge in [0.25, 0.3) is 5.91 Å². The summed E-state index contributed by atoms with van der Waals surface area (Å²) in [5, 5.41) is 5.98. The van der Waals surface area contributed by atoms with E-state index < -0.39 is 5.54 Å². The zero-order valence-corrected chi connectivity index (χ0v) is 12.6. The van der Waals surface area contributed by atoms with Crippen LogP contribution in [0.3, 0.4) is 0 Å². The molecule has 108 valence electrons. The van der Waals surface area contributed by atoms with E-state index in [0.29, 0.717) is 11.7 Å². The minimum Gasteiger partial charge on any atom is -0.496 e. The number of carbonyl (C=O) groups is 1. The van der Waals surface area contributed by atoms with Gasteiger partial charge in [-0.1, -0.05) is 18.2 Å². The maximum Gasteiger partial charge on any atom is 0.259 e. The van der Waals surface area contributed by atoms with E-state index in [-0.39, 0.29) is 11.4 Å².